The van der Waals surface area contributed by atoms with Crippen molar-refractivity contribution in [3.05, 3.63) is 101 Å². The Morgan fingerprint density at radius 2 is 1.90 bits per heavy atom. The van der Waals surface area contributed by atoms with Crippen LogP contribution in [-0.4, -0.2) is 52.4 Å². The number of carboxylic acids is 1. The fourth-order valence-corrected chi connectivity index (χ4v) is 6.58. The lowest BCUT2D eigenvalue weighted by molar-refractivity contribution is -0.141. The van der Waals surface area contributed by atoms with Gasteiger partial charge in [-0.05, 0) is 67.0 Å². The number of aromatic nitrogens is 7. The minimum absolute atomic E-state index is 0.0278. The standard InChI is InChI=1S/C38H39F2N7O4/c1-22(35(48)49)15-23-7-6-8-24(16-23)38(4)13-12-37(2,3)21-50-32-20-47(45-43-32)19-28-26-11-14-41-31(26)18-30(40)33(28)51-25-9-10-29(39)27(17-25)34-42-36(38)44-46(34)5/h6-11,14,16-18,20,22,41H,12-13,15,19,21H2,1-5H3,(H,48,49). The summed E-state index contributed by atoms with van der Waals surface area (Å²) >= 11 is 0. The second-order valence-corrected chi connectivity index (χ2v) is 14.4. The minimum Gasteiger partial charge on any atom is -0.481 e. The highest BCUT2D eigenvalue weighted by molar-refractivity contribution is 5.85. The van der Waals surface area contributed by atoms with E-state index in [1.54, 1.807) is 31.0 Å². The third-order valence-corrected chi connectivity index (χ3v) is 9.80. The molecule has 6 bridgehead atoms. The van der Waals surface area contributed by atoms with E-state index in [0.29, 0.717) is 48.7 Å². The molecule has 13 heteroatoms. The van der Waals surface area contributed by atoms with Crippen LogP contribution in [0.15, 0.2) is 67.0 Å². The number of hydrogen-bond donors (Lipinski definition) is 2. The zero-order valence-corrected chi connectivity index (χ0v) is 29.1. The number of nitrogens with zero attached hydrogens (tertiary/aromatic N) is 6. The number of rotatable bonds is 4. The summed E-state index contributed by atoms with van der Waals surface area (Å²) in [6.45, 7) is 8.39. The number of benzene rings is 3. The lowest BCUT2D eigenvalue weighted by Gasteiger charge is -2.32. The van der Waals surface area contributed by atoms with Crippen LogP contribution in [0.5, 0.6) is 17.4 Å². The third-order valence-electron chi connectivity index (χ3n) is 9.80. The van der Waals surface area contributed by atoms with Crippen LogP contribution in [0.25, 0.3) is 22.3 Å². The van der Waals surface area contributed by atoms with Crippen LogP contribution in [0.3, 0.4) is 0 Å². The van der Waals surface area contributed by atoms with Crippen LogP contribution >= 0.6 is 0 Å². The van der Waals surface area contributed by atoms with E-state index in [4.69, 9.17) is 19.6 Å². The molecule has 0 fully saturated rings. The predicted molar refractivity (Wildman–Crippen MR) is 186 cm³/mol. The predicted octanol–water partition coefficient (Wildman–Crippen LogP) is 7.44. The molecule has 2 atom stereocenters. The van der Waals surface area contributed by atoms with Crippen LogP contribution in [0.2, 0.25) is 0 Å². The maximum absolute atomic E-state index is 15.8. The molecule has 1 aliphatic heterocycles. The number of H-pyrrole nitrogens is 1. The SMILES string of the molecule is CC(Cc1cccc(C2(C)CCC(C)(C)COc3cn(nn3)Cc3c(c(F)cc4[nH]ccc34)Oc3ccc(F)c(c3)-c3nc2nn3C)c1)C(=O)O. The molecular weight excluding hydrogens is 656 g/mol. The zero-order valence-electron chi connectivity index (χ0n) is 29.1. The Morgan fingerprint density at radius 3 is 2.71 bits per heavy atom. The Labute approximate surface area is 293 Å². The van der Waals surface area contributed by atoms with Crippen molar-refractivity contribution in [3.8, 4) is 28.8 Å². The van der Waals surface area contributed by atoms with E-state index in [0.717, 1.165) is 16.5 Å². The molecule has 7 rings (SSSR count). The topological polar surface area (TPSA) is 133 Å². The van der Waals surface area contributed by atoms with Gasteiger partial charge in [0.1, 0.15) is 11.6 Å². The van der Waals surface area contributed by atoms with Crippen LogP contribution in [0.1, 0.15) is 63.1 Å². The molecule has 11 nitrogen and oxygen atoms in total. The number of hydrogen-bond acceptors (Lipinski definition) is 7. The Bertz CT molecular complexity index is 2260. The Hall–Kier alpha value is -5.59. The number of fused-ring (bicyclic) bond motifs is 10. The number of carboxylic acid groups (broad SMARTS) is 1. The summed E-state index contributed by atoms with van der Waals surface area (Å²) in [5.74, 6) is -1.34. The highest BCUT2D eigenvalue weighted by Gasteiger charge is 2.37. The summed E-state index contributed by atoms with van der Waals surface area (Å²) in [7, 11) is 1.70. The summed E-state index contributed by atoms with van der Waals surface area (Å²) in [5.41, 5.74) is 1.91. The Morgan fingerprint density at radius 1 is 1.08 bits per heavy atom. The van der Waals surface area contributed by atoms with Crippen molar-refractivity contribution in [2.24, 2.45) is 18.4 Å². The van der Waals surface area contributed by atoms with E-state index in [2.05, 4.69) is 29.1 Å². The van der Waals surface area contributed by atoms with Gasteiger partial charge in [0.05, 0.1) is 36.2 Å². The van der Waals surface area contributed by atoms with E-state index >= 15 is 8.78 Å². The van der Waals surface area contributed by atoms with E-state index in [9.17, 15) is 9.90 Å². The molecule has 0 spiro atoms. The number of carbonyl (C=O) groups is 1. The Balaban J connectivity index is 1.37. The van der Waals surface area contributed by atoms with Crippen LogP contribution in [0.4, 0.5) is 8.78 Å². The number of nitrogens with one attached hydrogen (secondary N) is 1. The van der Waals surface area contributed by atoms with Gasteiger partial charge in [0.2, 0.25) is 0 Å². The van der Waals surface area contributed by atoms with Crippen LogP contribution in [-0.2, 0) is 30.2 Å². The largest absolute Gasteiger partial charge is 0.481 e. The first-order chi connectivity index (χ1) is 24.3. The van der Waals surface area contributed by atoms with E-state index in [1.165, 1.54) is 28.9 Å². The molecule has 1 aliphatic rings. The van der Waals surface area contributed by atoms with E-state index < -0.39 is 28.9 Å². The average molecular weight is 696 g/mol. The summed E-state index contributed by atoms with van der Waals surface area (Å²) in [6.07, 6.45) is 5.01. The highest BCUT2D eigenvalue weighted by atomic mass is 19.1. The van der Waals surface area contributed by atoms with E-state index in [1.807, 2.05) is 37.3 Å². The van der Waals surface area contributed by atoms with Crippen LogP contribution in [0, 0.1) is 23.0 Å². The number of aromatic amines is 1. The zero-order chi connectivity index (χ0) is 36.1. The van der Waals surface area contributed by atoms with Gasteiger partial charge in [0, 0.05) is 35.8 Å². The van der Waals surface area contributed by atoms with Crippen molar-refractivity contribution in [3.63, 3.8) is 0 Å². The second kappa shape index (κ2) is 12.9. The molecule has 4 heterocycles. The van der Waals surface area contributed by atoms with Gasteiger partial charge in [-0.3, -0.25) is 4.79 Å². The van der Waals surface area contributed by atoms with Gasteiger partial charge in [0.25, 0.3) is 5.88 Å². The molecule has 51 heavy (non-hydrogen) atoms. The number of halogens is 2. The van der Waals surface area contributed by atoms with Crippen molar-refractivity contribution >= 4 is 16.9 Å². The molecule has 3 aromatic carbocycles. The smallest absolute Gasteiger partial charge is 0.306 e. The van der Waals surface area contributed by atoms with Gasteiger partial charge < -0.3 is 19.6 Å². The van der Waals surface area contributed by atoms with Crippen molar-refractivity contribution in [1.29, 1.82) is 0 Å². The maximum atomic E-state index is 15.8. The first kappa shape index (κ1) is 33.9. The van der Waals surface area contributed by atoms with Gasteiger partial charge in [0.15, 0.2) is 23.2 Å². The van der Waals surface area contributed by atoms with Gasteiger partial charge in [-0.25, -0.2) is 23.1 Å². The van der Waals surface area contributed by atoms with Gasteiger partial charge in [-0.1, -0.05) is 55.3 Å². The Kier molecular flexibility index (Phi) is 8.60. The molecule has 0 radical (unpaired) electrons. The van der Waals surface area contributed by atoms with Crippen molar-refractivity contribution < 1.29 is 28.2 Å². The summed E-state index contributed by atoms with van der Waals surface area (Å²) in [6, 6.07) is 15.2. The second-order valence-electron chi connectivity index (χ2n) is 14.4. The minimum atomic E-state index is -0.867. The molecule has 0 amide bonds. The van der Waals surface area contributed by atoms with Gasteiger partial charge in [-0.15, -0.1) is 0 Å². The molecule has 264 valence electrons. The highest BCUT2D eigenvalue weighted by Crippen LogP contribution is 2.41. The lowest BCUT2D eigenvalue weighted by Crippen LogP contribution is -2.30. The monoisotopic (exact) mass is 695 g/mol. The molecule has 0 aliphatic carbocycles. The van der Waals surface area contributed by atoms with Gasteiger partial charge >= 0.3 is 5.97 Å². The lowest BCUT2D eigenvalue weighted by atomic mass is 9.73. The average Bonchev–Trinajstić information content (AvgIpc) is 3.85. The first-order valence-electron chi connectivity index (χ1n) is 16.8. The van der Waals surface area contributed by atoms with Crippen molar-refractivity contribution in [2.75, 3.05) is 6.61 Å². The quantitative estimate of drug-likeness (QED) is 0.195. The molecule has 3 aromatic heterocycles. The molecule has 2 unspecified atom stereocenters. The number of aliphatic carboxylic acids is 1. The fraction of sp³-hybridized carbons (Fsp3) is 0.342. The van der Waals surface area contributed by atoms with Crippen molar-refractivity contribution in [1.82, 2.24) is 34.7 Å². The number of aryl methyl sites for hydroxylation is 1. The van der Waals surface area contributed by atoms with Crippen molar-refractivity contribution in [2.45, 2.75) is 58.9 Å². The molecule has 0 saturated heterocycles. The summed E-state index contributed by atoms with van der Waals surface area (Å²) in [4.78, 5) is 19.7. The molecular formula is C38H39F2N7O4. The fourth-order valence-electron chi connectivity index (χ4n) is 6.58. The molecule has 2 N–H and O–H groups in total. The summed E-state index contributed by atoms with van der Waals surface area (Å²) < 4.78 is 46.9. The molecule has 6 aromatic rings. The number of ether oxygens (including phenoxy) is 2. The van der Waals surface area contributed by atoms with E-state index in [-0.39, 0.29) is 34.8 Å². The summed E-state index contributed by atoms with van der Waals surface area (Å²) in [5, 5.41) is 23.6. The first-order valence-corrected chi connectivity index (χ1v) is 16.8. The van der Waals surface area contributed by atoms with Gasteiger partial charge in [-0.2, -0.15) is 5.10 Å². The third kappa shape index (κ3) is 6.67. The normalized spacial score (nSPS) is 18.1. The maximum Gasteiger partial charge on any atom is 0.306 e. The molecule has 0 saturated carbocycles. The van der Waals surface area contributed by atoms with Crippen LogP contribution < -0.4 is 9.47 Å².